The first-order valence-electron chi connectivity index (χ1n) is 11.0. The van der Waals surface area contributed by atoms with Gasteiger partial charge in [0.25, 0.3) is 0 Å². The Morgan fingerprint density at radius 2 is 1.66 bits per heavy atom. The van der Waals surface area contributed by atoms with E-state index in [1.807, 2.05) is 6.07 Å². The van der Waals surface area contributed by atoms with Crippen LogP contribution in [0.5, 0.6) is 5.75 Å². The number of piperazine rings is 1. The number of likely N-dealkylation sites (tertiary alicyclic amines) is 1. The van der Waals surface area contributed by atoms with E-state index in [0.29, 0.717) is 42.0 Å². The van der Waals surface area contributed by atoms with Crippen LogP contribution in [0.2, 0.25) is 15.1 Å². The van der Waals surface area contributed by atoms with Gasteiger partial charge < -0.3 is 14.5 Å². The number of carbonyl (C=O) groups is 1. The molecule has 0 spiro atoms. The number of sulfonamides is 1. The Morgan fingerprint density at radius 1 is 0.971 bits per heavy atom. The molecule has 2 aliphatic rings. The fraction of sp³-hybridized carbons (Fsp3) is 0.435. The van der Waals surface area contributed by atoms with Crippen molar-refractivity contribution in [2.45, 2.75) is 5.92 Å². The number of ether oxygens (including phenoxy) is 1. The second kappa shape index (κ2) is 10.7. The van der Waals surface area contributed by atoms with Crippen LogP contribution in [0, 0.1) is 11.7 Å². The number of amides is 2. The minimum atomic E-state index is -3.29. The van der Waals surface area contributed by atoms with Crippen LogP contribution in [0.4, 0.5) is 9.18 Å². The fourth-order valence-corrected chi connectivity index (χ4v) is 5.75. The lowest BCUT2D eigenvalue weighted by Crippen LogP contribution is -2.53. The van der Waals surface area contributed by atoms with Crippen molar-refractivity contribution in [2.24, 2.45) is 5.92 Å². The van der Waals surface area contributed by atoms with E-state index in [4.69, 9.17) is 39.5 Å². The van der Waals surface area contributed by atoms with Crippen molar-refractivity contribution in [1.29, 1.82) is 0 Å². The van der Waals surface area contributed by atoms with Gasteiger partial charge in [-0.3, -0.25) is 0 Å². The molecule has 0 bridgehead atoms. The van der Waals surface area contributed by atoms with Crippen molar-refractivity contribution in [3.63, 3.8) is 0 Å². The molecule has 190 valence electrons. The van der Waals surface area contributed by atoms with Crippen molar-refractivity contribution >= 4 is 50.9 Å². The fourth-order valence-electron chi connectivity index (χ4n) is 4.50. The van der Waals surface area contributed by atoms with Gasteiger partial charge in [-0.05, 0) is 29.8 Å². The van der Waals surface area contributed by atoms with Gasteiger partial charge in [-0.25, -0.2) is 17.6 Å². The van der Waals surface area contributed by atoms with Crippen molar-refractivity contribution in [3.05, 3.63) is 62.8 Å². The summed E-state index contributed by atoms with van der Waals surface area (Å²) >= 11 is 18.1. The molecular formula is C23H25Cl3FN3O4S. The largest absolute Gasteiger partial charge is 0.493 e. The summed E-state index contributed by atoms with van der Waals surface area (Å²) < 4.78 is 44.7. The standard InChI is InChI=1S/C23H25Cl3FN3O4S/c1-35(32,33)30-8-6-28(7-9-30)23(31)29-12-16(14-34-17-3-5-20(25)22(27)11-17)18(13-29)15-2-4-19(24)21(26)10-15/h2-5,10-11,16,18H,6-9,12-14H2,1H3. The molecule has 35 heavy (non-hydrogen) atoms. The molecule has 2 amide bonds. The maximum absolute atomic E-state index is 13.8. The number of hydrogen-bond donors (Lipinski definition) is 0. The first-order chi connectivity index (χ1) is 16.5. The second-order valence-electron chi connectivity index (χ2n) is 8.76. The zero-order valence-electron chi connectivity index (χ0n) is 19.0. The number of urea groups is 1. The molecule has 0 radical (unpaired) electrons. The van der Waals surface area contributed by atoms with Crippen LogP contribution < -0.4 is 4.74 Å². The Balaban J connectivity index is 1.49. The highest BCUT2D eigenvalue weighted by Crippen LogP contribution is 2.36. The number of halogens is 4. The lowest BCUT2D eigenvalue weighted by Gasteiger charge is -2.35. The molecule has 7 nitrogen and oxygen atoms in total. The lowest BCUT2D eigenvalue weighted by atomic mass is 9.89. The van der Waals surface area contributed by atoms with Crippen LogP contribution in [0.3, 0.4) is 0 Å². The minimum Gasteiger partial charge on any atom is -0.493 e. The average molecular weight is 565 g/mol. The quantitative estimate of drug-likeness (QED) is 0.533. The zero-order chi connectivity index (χ0) is 25.3. The smallest absolute Gasteiger partial charge is 0.320 e. The summed E-state index contributed by atoms with van der Waals surface area (Å²) in [5.41, 5.74) is 0.924. The summed E-state index contributed by atoms with van der Waals surface area (Å²) in [7, 11) is -3.29. The van der Waals surface area contributed by atoms with Gasteiger partial charge in [0, 0.05) is 57.2 Å². The predicted molar refractivity (Wildman–Crippen MR) is 135 cm³/mol. The molecular weight excluding hydrogens is 540 g/mol. The Kier molecular flexibility index (Phi) is 8.02. The molecule has 12 heteroatoms. The normalized spacial score (nSPS) is 21.4. The SMILES string of the molecule is CS(=O)(=O)N1CCN(C(=O)N2CC(COc3ccc(Cl)c(F)c3)C(c3ccc(Cl)c(Cl)c3)C2)CC1. The molecule has 0 N–H and O–H groups in total. The van der Waals surface area contributed by atoms with Crippen LogP contribution in [0.1, 0.15) is 11.5 Å². The molecule has 0 aromatic heterocycles. The van der Waals surface area contributed by atoms with Crippen LogP contribution in [-0.4, -0.2) is 80.7 Å². The summed E-state index contributed by atoms with van der Waals surface area (Å²) in [6, 6.07) is 9.51. The lowest BCUT2D eigenvalue weighted by molar-refractivity contribution is 0.139. The van der Waals surface area contributed by atoms with Gasteiger partial charge >= 0.3 is 6.03 Å². The molecule has 2 heterocycles. The molecule has 2 atom stereocenters. The summed E-state index contributed by atoms with van der Waals surface area (Å²) in [6.07, 6.45) is 1.17. The zero-order valence-corrected chi connectivity index (χ0v) is 22.0. The Morgan fingerprint density at radius 3 is 2.29 bits per heavy atom. The summed E-state index contributed by atoms with van der Waals surface area (Å²) in [4.78, 5) is 16.7. The van der Waals surface area contributed by atoms with Crippen molar-refractivity contribution in [1.82, 2.24) is 14.1 Å². The van der Waals surface area contributed by atoms with Gasteiger partial charge in [0.15, 0.2) is 0 Å². The van der Waals surface area contributed by atoms with E-state index in [0.717, 1.165) is 5.56 Å². The van der Waals surface area contributed by atoms with Crippen molar-refractivity contribution < 1.29 is 22.3 Å². The molecule has 2 saturated heterocycles. The van der Waals surface area contributed by atoms with E-state index in [9.17, 15) is 17.6 Å². The van der Waals surface area contributed by atoms with E-state index in [1.54, 1.807) is 28.0 Å². The van der Waals surface area contributed by atoms with Crippen LogP contribution >= 0.6 is 34.8 Å². The number of benzene rings is 2. The van der Waals surface area contributed by atoms with Gasteiger partial charge in [-0.2, -0.15) is 4.31 Å². The highest BCUT2D eigenvalue weighted by Gasteiger charge is 2.39. The second-order valence-corrected chi connectivity index (χ2v) is 12.0. The summed E-state index contributed by atoms with van der Waals surface area (Å²) in [5.74, 6) is -0.390. The highest BCUT2D eigenvalue weighted by atomic mass is 35.5. The monoisotopic (exact) mass is 563 g/mol. The molecule has 2 aliphatic heterocycles. The average Bonchev–Trinajstić information content (AvgIpc) is 3.25. The minimum absolute atomic E-state index is 0.0136. The predicted octanol–water partition coefficient (Wildman–Crippen LogP) is 4.58. The number of hydrogen-bond acceptors (Lipinski definition) is 4. The Labute approximate surface area is 219 Å². The van der Waals surface area contributed by atoms with E-state index in [2.05, 4.69) is 0 Å². The third-order valence-corrected chi connectivity index (χ3v) is 8.77. The number of carbonyl (C=O) groups excluding carboxylic acids is 1. The van der Waals surface area contributed by atoms with Gasteiger partial charge in [0.05, 0.1) is 27.9 Å². The van der Waals surface area contributed by atoms with Gasteiger partial charge in [0.2, 0.25) is 10.0 Å². The van der Waals surface area contributed by atoms with Crippen LogP contribution in [-0.2, 0) is 10.0 Å². The molecule has 0 saturated carbocycles. The van der Waals surface area contributed by atoms with Crippen molar-refractivity contribution in [2.75, 3.05) is 52.1 Å². The van der Waals surface area contributed by atoms with E-state index in [1.165, 1.54) is 22.7 Å². The molecule has 2 aromatic rings. The van der Waals surface area contributed by atoms with Gasteiger partial charge in [0.1, 0.15) is 11.6 Å². The molecule has 0 aliphatic carbocycles. The Bertz CT molecular complexity index is 1210. The maximum Gasteiger partial charge on any atom is 0.320 e. The molecule has 2 aromatic carbocycles. The van der Waals surface area contributed by atoms with E-state index < -0.39 is 15.8 Å². The van der Waals surface area contributed by atoms with Crippen LogP contribution in [0.15, 0.2) is 36.4 Å². The molecule has 4 rings (SSSR count). The third kappa shape index (κ3) is 6.14. The molecule has 2 fully saturated rings. The Hall–Kier alpha value is -1.78. The molecule has 2 unspecified atom stereocenters. The highest BCUT2D eigenvalue weighted by molar-refractivity contribution is 7.88. The van der Waals surface area contributed by atoms with Crippen LogP contribution in [0.25, 0.3) is 0 Å². The summed E-state index contributed by atoms with van der Waals surface area (Å²) in [6.45, 7) is 2.29. The maximum atomic E-state index is 13.8. The summed E-state index contributed by atoms with van der Waals surface area (Å²) in [5, 5.41) is 0.874. The topological polar surface area (TPSA) is 70.2 Å². The number of rotatable bonds is 5. The van der Waals surface area contributed by atoms with E-state index >= 15 is 0 Å². The van der Waals surface area contributed by atoms with Crippen molar-refractivity contribution in [3.8, 4) is 5.75 Å². The van der Waals surface area contributed by atoms with E-state index in [-0.39, 0.29) is 42.6 Å². The first kappa shape index (κ1) is 26.3. The van der Waals surface area contributed by atoms with Gasteiger partial charge in [-0.15, -0.1) is 0 Å². The number of nitrogens with zero attached hydrogens (tertiary/aromatic N) is 3. The van der Waals surface area contributed by atoms with Gasteiger partial charge in [-0.1, -0.05) is 40.9 Å². The first-order valence-corrected chi connectivity index (χ1v) is 14.0. The third-order valence-electron chi connectivity index (χ3n) is 6.42.